The summed E-state index contributed by atoms with van der Waals surface area (Å²) in [5.41, 5.74) is 1.09. The normalized spacial score (nSPS) is 11.1. The SMILES string of the molecule is COc1ccc(Cl)cc1N(CC(=O)N(C)Cc1ccc(Cl)cc1)S(C)(=O)=O. The Labute approximate surface area is 169 Å². The van der Waals surface area contributed by atoms with Crippen molar-refractivity contribution >= 4 is 44.8 Å². The fraction of sp³-hybridized carbons (Fsp3) is 0.278. The molecule has 0 saturated heterocycles. The van der Waals surface area contributed by atoms with Gasteiger partial charge in [0.05, 0.1) is 19.1 Å². The molecule has 2 aromatic rings. The molecule has 6 nitrogen and oxygen atoms in total. The van der Waals surface area contributed by atoms with Gasteiger partial charge in [-0.3, -0.25) is 9.10 Å². The van der Waals surface area contributed by atoms with Crippen LogP contribution in [0.1, 0.15) is 5.56 Å². The molecule has 0 aliphatic heterocycles. The summed E-state index contributed by atoms with van der Waals surface area (Å²) in [6, 6.07) is 11.7. The zero-order valence-corrected chi connectivity index (χ0v) is 17.5. The number of ether oxygens (including phenoxy) is 1. The summed E-state index contributed by atoms with van der Waals surface area (Å²) in [7, 11) is -0.723. The Bertz CT molecular complexity index is 917. The Morgan fingerprint density at radius 1 is 1.07 bits per heavy atom. The van der Waals surface area contributed by atoms with Crippen LogP contribution in [0.3, 0.4) is 0 Å². The monoisotopic (exact) mass is 430 g/mol. The van der Waals surface area contributed by atoms with E-state index in [1.807, 2.05) is 0 Å². The van der Waals surface area contributed by atoms with Crippen LogP contribution in [0.15, 0.2) is 42.5 Å². The van der Waals surface area contributed by atoms with E-state index in [2.05, 4.69) is 0 Å². The number of hydrogen-bond donors (Lipinski definition) is 0. The zero-order chi connectivity index (χ0) is 20.2. The lowest BCUT2D eigenvalue weighted by Gasteiger charge is -2.26. The quantitative estimate of drug-likeness (QED) is 0.674. The van der Waals surface area contributed by atoms with Gasteiger partial charge in [0.15, 0.2) is 0 Å². The molecule has 2 rings (SSSR count). The highest BCUT2D eigenvalue weighted by molar-refractivity contribution is 7.92. The number of nitrogens with zero attached hydrogens (tertiary/aromatic N) is 2. The Balaban J connectivity index is 2.25. The summed E-state index contributed by atoms with van der Waals surface area (Å²) in [6.45, 7) is -0.0556. The molecule has 0 atom stereocenters. The number of amides is 1. The Kier molecular flexibility index (Phi) is 6.97. The third kappa shape index (κ3) is 5.76. The van der Waals surface area contributed by atoms with Gasteiger partial charge in [-0.2, -0.15) is 0 Å². The second kappa shape index (κ2) is 8.82. The standard InChI is InChI=1S/C18H20Cl2N2O4S/c1-21(11-13-4-6-14(19)7-5-13)18(23)12-22(27(3,24)25)16-10-15(20)8-9-17(16)26-2/h4-10H,11-12H2,1-3H3. The minimum atomic E-state index is -3.74. The number of likely N-dealkylation sites (N-methyl/N-ethyl adjacent to an activating group) is 1. The highest BCUT2D eigenvalue weighted by Gasteiger charge is 2.25. The molecule has 0 heterocycles. The number of carbonyl (C=O) groups excluding carboxylic acids is 1. The molecule has 0 radical (unpaired) electrons. The summed E-state index contributed by atoms with van der Waals surface area (Å²) >= 11 is 11.9. The maximum atomic E-state index is 12.6. The molecular weight excluding hydrogens is 411 g/mol. The molecule has 0 aliphatic rings. The van der Waals surface area contributed by atoms with Gasteiger partial charge in [0.2, 0.25) is 15.9 Å². The molecule has 0 fully saturated rings. The van der Waals surface area contributed by atoms with Crippen LogP contribution in [0, 0.1) is 0 Å². The third-order valence-corrected chi connectivity index (χ3v) is 5.46. The third-order valence-electron chi connectivity index (χ3n) is 3.85. The molecule has 0 N–H and O–H groups in total. The van der Waals surface area contributed by atoms with Crippen molar-refractivity contribution in [3.63, 3.8) is 0 Å². The van der Waals surface area contributed by atoms with E-state index < -0.39 is 10.0 Å². The van der Waals surface area contributed by atoms with E-state index in [0.29, 0.717) is 22.3 Å². The minimum Gasteiger partial charge on any atom is -0.495 e. The van der Waals surface area contributed by atoms with Gasteiger partial charge in [0, 0.05) is 23.6 Å². The van der Waals surface area contributed by atoms with Gasteiger partial charge < -0.3 is 9.64 Å². The maximum absolute atomic E-state index is 12.6. The molecule has 1 amide bonds. The first-order chi connectivity index (χ1) is 12.6. The molecule has 0 aliphatic carbocycles. The van der Waals surface area contributed by atoms with Crippen molar-refractivity contribution in [2.45, 2.75) is 6.54 Å². The van der Waals surface area contributed by atoms with E-state index in [1.165, 1.54) is 18.1 Å². The van der Waals surface area contributed by atoms with Crippen LogP contribution in [-0.4, -0.2) is 46.2 Å². The fourth-order valence-electron chi connectivity index (χ4n) is 2.43. The molecule has 0 spiro atoms. The lowest BCUT2D eigenvalue weighted by atomic mass is 10.2. The van der Waals surface area contributed by atoms with Crippen LogP contribution in [0.4, 0.5) is 5.69 Å². The maximum Gasteiger partial charge on any atom is 0.243 e. The highest BCUT2D eigenvalue weighted by atomic mass is 35.5. The molecule has 2 aromatic carbocycles. The van der Waals surface area contributed by atoms with Gasteiger partial charge in [0.1, 0.15) is 12.3 Å². The van der Waals surface area contributed by atoms with Gasteiger partial charge >= 0.3 is 0 Å². The van der Waals surface area contributed by atoms with Crippen LogP contribution < -0.4 is 9.04 Å². The molecular formula is C18H20Cl2N2O4S. The molecule has 0 bridgehead atoms. The second-order valence-electron chi connectivity index (χ2n) is 5.96. The predicted octanol–water partition coefficient (Wildman–Crippen LogP) is 3.43. The summed E-state index contributed by atoms with van der Waals surface area (Å²) in [6.07, 6.45) is 1.03. The number of rotatable bonds is 7. The van der Waals surface area contributed by atoms with Crippen molar-refractivity contribution < 1.29 is 17.9 Å². The van der Waals surface area contributed by atoms with E-state index in [4.69, 9.17) is 27.9 Å². The van der Waals surface area contributed by atoms with Crippen LogP contribution in [0.2, 0.25) is 10.0 Å². The van der Waals surface area contributed by atoms with Crippen molar-refractivity contribution in [2.75, 3.05) is 31.3 Å². The fourth-order valence-corrected chi connectivity index (χ4v) is 3.57. The zero-order valence-electron chi connectivity index (χ0n) is 15.1. The number of anilines is 1. The van der Waals surface area contributed by atoms with Crippen molar-refractivity contribution in [1.29, 1.82) is 0 Å². The van der Waals surface area contributed by atoms with E-state index in [1.54, 1.807) is 43.4 Å². The van der Waals surface area contributed by atoms with Crippen molar-refractivity contribution in [2.24, 2.45) is 0 Å². The first-order valence-corrected chi connectivity index (χ1v) is 10.5. The second-order valence-corrected chi connectivity index (χ2v) is 8.74. The van der Waals surface area contributed by atoms with E-state index in [9.17, 15) is 13.2 Å². The number of methoxy groups -OCH3 is 1. The van der Waals surface area contributed by atoms with Crippen LogP contribution in [-0.2, 0) is 21.4 Å². The first kappa shape index (κ1) is 21.3. The average Bonchev–Trinajstić information content (AvgIpc) is 2.60. The number of benzene rings is 2. The van der Waals surface area contributed by atoms with E-state index in [0.717, 1.165) is 16.1 Å². The van der Waals surface area contributed by atoms with Crippen LogP contribution in [0.5, 0.6) is 5.75 Å². The summed E-state index contributed by atoms with van der Waals surface area (Å²) in [4.78, 5) is 14.1. The van der Waals surface area contributed by atoms with E-state index in [-0.39, 0.29) is 18.1 Å². The summed E-state index contributed by atoms with van der Waals surface area (Å²) in [5.74, 6) is -0.0737. The predicted molar refractivity (Wildman–Crippen MR) is 108 cm³/mol. The lowest BCUT2D eigenvalue weighted by Crippen LogP contribution is -2.41. The Hall–Kier alpha value is -1.96. The Morgan fingerprint density at radius 2 is 1.67 bits per heavy atom. The average molecular weight is 431 g/mol. The largest absolute Gasteiger partial charge is 0.495 e. The molecule has 9 heteroatoms. The van der Waals surface area contributed by atoms with Crippen molar-refractivity contribution in [3.8, 4) is 5.75 Å². The summed E-state index contributed by atoms with van der Waals surface area (Å²) < 4.78 is 30.8. The van der Waals surface area contributed by atoms with E-state index >= 15 is 0 Å². The highest BCUT2D eigenvalue weighted by Crippen LogP contribution is 2.32. The first-order valence-electron chi connectivity index (χ1n) is 7.91. The molecule has 146 valence electrons. The molecule has 0 unspecified atom stereocenters. The summed E-state index contributed by atoms with van der Waals surface area (Å²) in [5, 5.41) is 0.936. The lowest BCUT2D eigenvalue weighted by molar-refractivity contribution is -0.128. The van der Waals surface area contributed by atoms with Gasteiger partial charge in [-0.1, -0.05) is 35.3 Å². The molecule has 27 heavy (non-hydrogen) atoms. The number of halogens is 2. The van der Waals surface area contributed by atoms with Crippen LogP contribution in [0.25, 0.3) is 0 Å². The van der Waals surface area contributed by atoms with Crippen molar-refractivity contribution in [1.82, 2.24) is 4.90 Å². The number of sulfonamides is 1. The number of carbonyl (C=O) groups is 1. The Morgan fingerprint density at radius 3 is 2.22 bits per heavy atom. The van der Waals surface area contributed by atoms with Gasteiger partial charge in [0.25, 0.3) is 0 Å². The topological polar surface area (TPSA) is 66.9 Å². The van der Waals surface area contributed by atoms with Crippen LogP contribution >= 0.6 is 23.2 Å². The molecule has 0 aromatic heterocycles. The minimum absolute atomic E-state index is 0.209. The van der Waals surface area contributed by atoms with Gasteiger partial charge in [-0.15, -0.1) is 0 Å². The molecule has 0 saturated carbocycles. The smallest absolute Gasteiger partial charge is 0.243 e. The van der Waals surface area contributed by atoms with Gasteiger partial charge in [-0.05, 0) is 35.9 Å². The number of hydrogen-bond acceptors (Lipinski definition) is 4. The van der Waals surface area contributed by atoms with Gasteiger partial charge in [-0.25, -0.2) is 8.42 Å². The van der Waals surface area contributed by atoms with Crippen molar-refractivity contribution in [3.05, 3.63) is 58.1 Å².